The topological polar surface area (TPSA) is 49.5 Å². The largest absolute Gasteiger partial charge is 0.396 e. The Morgan fingerprint density at radius 1 is 1.28 bits per heavy atom. The molecule has 1 heterocycles. The van der Waals surface area contributed by atoms with Crippen molar-refractivity contribution in [1.82, 2.24) is 10.1 Å². The zero-order valence-electron chi connectivity index (χ0n) is 10.5. The molecule has 0 spiro atoms. The number of nitrogens with zero attached hydrogens (tertiary/aromatic N) is 2. The first kappa shape index (κ1) is 12.8. The van der Waals surface area contributed by atoms with Gasteiger partial charge in [0.15, 0.2) is 5.76 Å². The quantitative estimate of drug-likeness (QED) is 0.849. The lowest BCUT2D eigenvalue weighted by Gasteiger charge is -2.27. The van der Waals surface area contributed by atoms with Crippen LogP contribution < -0.4 is 0 Å². The first-order chi connectivity index (χ1) is 8.81. The van der Waals surface area contributed by atoms with Gasteiger partial charge in [0.25, 0.3) is 0 Å². The van der Waals surface area contributed by atoms with E-state index in [1.165, 1.54) is 5.56 Å². The molecule has 2 rings (SSSR count). The molecule has 0 bridgehead atoms. The molecule has 18 heavy (non-hydrogen) atoms. The molecular formula is C14H18N2O2. The summed E-state index contributed by atoms with van der Waals surface area (Å²) in [5.74, 6) is 0.830. The lowest BCUT2D eigenvalue weighted by Crippen LogP contribution is -2.25. The Morgan fingerprint density at radius 3 is 2.67 bits per heavy atom. The predicted molar refractivity (Wildman–Crippen MR) is 68.9 cm³/mol. The molecule has 4 heteroatoms. The van der Waals surface area contributed by atoms with E-state index in [1.54, 1.807) is 6.20 Å². The second-order valence-electron chi connectivity index (χ2n) is 4.33. The number of aromatic nitrogens is 1. The van der Waals surface area contributed by atoms with Crippen molar-refractivity contribution in [1.29, 1.82) is 0 Å². The molecule has 0 saturated heterocycles. The molecule has 2 aromatic rings. The van der Waals surface area contributed by atoms with Gasteiger partial charge in [-0.3, -0.25) is 4.90 Å². The van der Waals surface area contributed by atoms with Gasteiger partial charge in [-0.1, -0.05) is 35.5 Å². The molecule has 0 radical (unpaired) electrons. The highest BCUT2D eigenvalue weighted by atomic mass is 16.5. The molecule has 1 aromatic heterocycles. The molecule has 1 atom stereocenters. The van der Waals surface area contributed by atoms with Gasteiger partial charge in [0.1, 0.15) is 0 Å². The molecule has 0 aliphatic rings. The molecule has 0 fully saturated rings. The normalized spacial score (nSPS) is 12.8. The third kappa shape index (κ3) is 3.18. The van der Waals surface area contributed by atoms with Crippen LogP contribution >= 0.6 is 0 Å². The van der Waals surface area contributed by atoms with Crippen LogP contribution in [0.1, 0.15) is 23.8 Å². The van der Waals surface area contributed by atoms with Crippen LogP contribution in [0, 0.1) is 0 Å². The fourth-order valence-corrected chi connectivity index (χ4v) is 2.12. The molecule has 0 amide bonds. The van der Waals surface area contributed by atoms with E-state index in [-0.39, 0.29) is 12.6 Å². The predicted octanol–water partition coefficient (Wildman–Crippen LogP) is 2.23. The fourth-order valence-electron chi connectivity index (χ4n) is 2.12. The number of aliphatic hydroxyl groups excluding tert-OH is 1. The summed E-state index contributed by atoms with van der Waals surface area (Å²) in [6.45, 7) is 0.847. The van der Waals surface area contributed by atoms with Gasteiger partial charge < -0.3 is 9.63 Å². The average Bonchev–Trinajstić information content (AvgIpc) is 2.89. The summed E-state index contributed by atoms with van der Waals surface area (Å²) in [6.07, 6.45) is 2.35. The fraction of sp³-hybridized carbons (Fsp3) is 0.357. The van der Waals surface area contributed by atoms with Crippen LogP contribution in [-0.4, -0.2) is 28.8 Å². The van der Waals surface area contributed by atoms with Crippen molar-refractivity contribution >= 4 is 0 Å². The minimum atomic E-state index is 0.167. The van der Waals surface area contributed by atoms with E-state index >= 15 is 0 Å². The summed E-state index contributed by atoms with van der Waals surface area (Å²) in [5.41, 5.74) is 1.20. The average molecular weight is 246 g/mol. The van der Waals surface area contributed by atoms with E-state index in [1.807, 2.05) is 31.3 Å². The van der Waals surface area contributed by atoms with Crippen molar-refractivity contribution in [3.8, 4) is 0 Å². The van der Waals surface area contributed by atoms with Crippen LogP contribution in [0.4, 0.5) is 0 Å². The maximum absolute atomic E-state index is 9.21. The molecule has 1 aromatic carbocycles. The molecule has 1 N–H and O–H groups in total. The van der Waals surface area contributed by atoms with E-state index in [9.17, 15) is 5.11 Å². The maximum Gasteiger partial charge on any atom is 0.150 e. The van der Waals surface area contributed by atoms with Gasteiger partial charge in [0.05, 0.1) is 12.7 Å². The Hall–Kier alpha value is -1.65. The highest BCUT2D eigenvalue weighted by Gasteiger charge is 2.17. The van der Waals surface area contributed by atoms with Crippen molar-refractivity contribution in [3.63, 3.8) is 0 Å². The zero-order chi connectivity index (χ0) is 12.8. The Bertz CT molecular complexity index is 442. The smallest absolute Gasteiger partial charge is 0.150 e. The Kier molecular flexibility index (Phi) is 4.50. The molecule has 0 saturated carbocycles. The molecule has 0 aliphatic heterocycles. The van der Waals surface area contributed by atoms with E-state index in [0.29, 0.717) is 13.0 Å². The Morgan fingerprint density at radius 2 is 2.06 bits per heavy atom. The highest BCUT2D eigenvalue weighted by Crippen LogP contribution is 2.24. The van der Waals surface area contributed by atoms with Crippen LogP contribution in [0.25, 0.3) is 0 Å². The first-order valence-corrected chi connectivity index (χ1v) is 6.07. The van der Waals surface area contributed by atoms with Crippen LogP contribution in [-0.2, 0) is 6.54 Å². The second kappa shape index (κ2) is 6.33. The third-order valence-corrected chi connectivity index (χ3v) is 3.02. The van der Waals surface area contributed by atoms with E-state index < -0.39 is 0 Å². The van der Waals surface area contributed by atoms with Gasteiger partial charge in [-0.2, -0.15) is 0 Å². The molecule has 4 nitrogen and oxygen atoms in total. The van der Waals surface area contributed by atoms with Crippen LogP contribution in [0.2, 0.25) is 0 Å². The highest BCUT2D eigenvalue weighted by molar-refractivity contribution is 5.19. The van der Waals surface area contributed by atoms with E-state index in [0.717, 1.165) is 5.76 Å². The minimum absolute atomic E-state index is 0.167. The van der Waals surface area contributed by atoms with Crippen molar-refractivity contribution < 1.29 is 9.63 Å². The second-order valence-corrected chi connectivity index (χ2v) is 4.33. The minimum Gasteiger partial charge on any atom is -0.396 e. The van der Waals surface area contributed by atoms with Gasteiger partial charge in [-0.05, 0) is 19.0 Å². The van der Waals surface area contributed by atoms with Crippen molar-refractivity contribution in [3.05, 3.63) is 53.9 Å². The molecule has 0 aliphatic carbocycles. The van der Waals surface area contributed by atoms with Crippen LogP contribution in [0.15, 0.2) is 47.1 Å². The van der Waals surface area contributed by atoms with Gasteiger partial charge in [0, 0.05) is 18.7 Å². The summed E-state index contributed by atoms with van der Waals surface area (Å²) in [6, 6.07) is 12.2. The molecule has 96 valence electrons. The summed E-state index contributed by atoms with van der Waals surface area (Å²) < 4.78 is 5.11. The van der Waals surface area contributed by atoms with Gasteiger partial charge in [-0.15, -0.1) is 0 Å². The first-order valence-electron chi connectivity index (χ1n) is 6.07. The monoisotopic (exact) mass is 246 g/mol. The van der Waals surface area contributed by atoms with Crippen LogP contribution in [0.5, 0.6) is 0 Å². The summed E-state index contributed by atoms with van der Waals surface area (Å²) in [7, 11) is 2.02. The SMILES string of the molecule is CN(Cc1ccno1)[C@@H](CCO)c1ccccc1. The summed E-state index contributed by atoms with van der Waals surface area (Å²) in [5, 5.41) is 12.9. The third-order valence-electron chi connectivity index (χ3n) is 3.02. The summed E-state index contributed by atoms with van der Waals surface area (Å²) >= 11 is 0. The number of aliphatic hydroxyl groups is 1. The standard InChI is InChI=1S/C14H18N2O2/c1-16(11-13-7-9-15-18-13)14(8-10-17)12-5-3-2-4-6-12/h2-7,9,14,17H,8,10-11H2,1H3/t14-/m0/s1. The van der Waals surface area contributed by atoms with Gasteiger partial charge in [-0.25, -0.2) is 0 Å². The molecular weight excluding hydrogens is 228 g/mol. The van der Waals surface area contributed by atoms with Crippen molar-refractivity contribution in [2.45, 2.75) is 19.0 Å². The van der Waals surface area contributed by atoms with Crippen molar-refractivity contribution in [2.24, 2.45) is 0 Å². The number of rotatable bonds is 6. The molecule has 0 unspecified atom stereocenters. The number of hydrogen-bond acceptors (Lipinski definition) is 4. The lowest BCUT2D eigenvalue weighted by atomic mass is 10.0. The maximum atomic E-state index is 9.21. The summed E-state index contributed by atoms with van der Waals surface area (Å²) in [4.78, 5) is 2.16. The Balaban J connectivity index is 2.09. The van der Waals surface area contributed by atoms with E-state index in [4.69, 9.17) is 4.52 Å². The van der Waals surface area contributed by atoms with Crippen molar-refractivity contribution in [2.75, 3.05) is 13.7 Å². The zero-order valence-corrected chi connectivity index (χ0v) is 10.5. The van der Waals surface area contributed by atoms with E-state index in [2.05, 4.69) is 22.2 Å². The number of hydrogen-bond donors (Lipinski definition) is 1. The van der Waals surface area contributed by atoms with Gasteiger partial charge in [0.2, 0.25) is 0 Å². The number of benzene rings is 1. The van der Waals surface area contributed by atoms with Crippen LogP contribution in [0.3, 0.4) is 0 Å². The lowest BCUT2D eigenvalue weighted by molar-refractivity contribution is 0.166. The Labute approximate surface area is 107 Å². The van der Waals surface area contributed by atoms with Gasteiger partial charge >= 0.3 is 0 Å².